The summed E-state index contributed by atoms with van der Waals surface area (Å²) in [7, 11) is 0. The minimum atomic E-state index is 0.286. The number of aromatic nitrogens is 2. The van der Waals surface area contributed by atoms with Gasteiger partial charge in [0.1, 0.15) is 12.3 Å². The summed E-state index contributed by atoms with van der Waals surface area (Å²) in [4.78, 5) is 5.41. The summed E-state index contributed by atoms with van der Waals surface area (Å²) in [5, 5.41) is 12.7. The zero-order chi connectivity index (χ0) is 20.9. The first-order valence-electron chi connectivity index (χ1n) is 10.9. The first-order valence-corrected chi connectivity index (χ1v) is 10.9. The minimum absolute atomic E-state index is 0.286. The molecule has 0 radical (unpaired) electrons. The maximum atomic E-state index is 5.69. The predicted molar refractivity (Wildman–Crippen MR) is 119 cm³/mol. The molecule has 0 saturated carbocycles. The smallest absolute Gasteiger partial charge is 0.219 e. The Morgan fingerprint density at radius 3 is 2.43 bits per heavy atom. The second kappa shape index (κ2) is 9.24. The fourth-order valence-electron chi connectivity index (χ4n) is 3.86. The Bertz CT molecular complexity index is 1040. The van der Waals surface area contributed by atoms with Crippen molar-refractivity contribution < 1.29 is 9.25 Å². The van der Waals surface area contributed by atoms with Crippen molar-refractivity contribution >= 4 is 5.71 Å². The number of oxime groups is 1. The molecule has 0 N–H and O–H groups in total. The molecule has 0 saturated heterocycles. The highest BCUT2D eigenvalue weighted by molar-refractivity contribution is 6.24. The molecule has 0 amide bonds. The van der Waals surface area contributed by atoms with Crippen molar-refractivity contribution in [3.63, 3.8) is 0 Å². The molecular weight excluding hydrogens is 374 g/mol. The molecule has 3 aromatic rings. The van der Waals surface area contributed by atoms with Crippen LogP contribution in [0.5, 0.6) is 0 Å². The lowest BCUT2D eigenvalue weighted by Gasteiger charge is -2.06. The molecule has 156 valence electrons. The molecule has 4 rings (SSSR count). The molecule has 0 aliphatic heterocycles. The average molecular weight is 404 g/mol. The van der Waals surface area contributed by atoms with Gasteiger partial charge in [-0.2, -0.15) is 0 Å². The summed E-state index contributed by atoms with van der Waals surface area (Å²) in [6.07, 6.45) is 5.23. The van der Waals surface area contributed by atoms with Crippen molar-refractivity contribution in [3.8, 4) is 11.1 Å². The summed E-state index contributed by atoms with van der Waals surface area (Å²) >= 11 is 0. The standard InChI is InChI=1S/C25H29N3O2/c1-4-29-28-24-21-12-9-8-11-19(21)20-15-14-18(16-22(20)24)10-6-5-7-13-23-26-27-25(30-23)17(2)3/h8-9,11-12,14-17H,4-7,10,13H2,1-3H3/b28-24-. The van der Waals surface area contributed by atoms with Crippen molar-refractivity contribution in [2.75, 3.05) is 6.61 Å². The number of rotatable bonds is 9. The van der Waals surface area contributed by atoms with E-state index in [0.717, 1.165) is 55.2 Å². The number of benzene rings is 2. The minimum Gasteiger partial charge on any atom is -0.425 e. The van der Waals surface area contributed by atoms with Gasteiger partial charge in [-0.3, -0.25) is 0 Å². The molecule has 30 heavy (non-hydrogen) atoms. The monoisotopic (exact) mass is 403 g/mol. The Kier molecular flexibility index (Phi) is 6.26. The van der Waals surface area contributed by atoms with Gasteiger partial charge in [-0.1, -0.05) is 61.8 Å². The van der Waals surface area contributed by atoms with Crippen LogP contribution in [0.25, 0.3) is 11.1 Å². The summed E-state index contributed by atoms with van der Waals surface area (Å²) in [6.45, 7) is 6.66. The van der Waals surface area contributed by atoms with Crippen molar-refractivity contribution in [1.29, 1.82) is 0 Å². The van der Waals surface area contributed by atoms with Crippen LogP contribution in [0.15, 0.2) is 52.0 Å². The van der Waals surface area contributed by atoms with E-state index in [9.17, 15) is 0 Å². The van der Waals surface area contributed by atoms with Gasteiger partial charge in [0.25, 0.3) is 0 Å². The van der Waals surface area contributed by atoms with E-state index < -0.39 is 0 Å². The van der Waals surface area contributed by atoms with Crippen molar-refractivity contribution in [2.24, 2.45) is 5.16 Å². The first-order chi connectivity index (χ1) is 14.7. The number of unbranched alkanes of at least 4 members (excludes halogenated alkanes) is 2. The van der Waals surface area contributed by atoms with E-state index in [0.29, 0.717) is 6.61 Å². The Balaban J connectivity index is 1.37. The molecule has 1 aliphatic carbocycles. The van der Waals surface area contributed by atoms with E-state index in [1.165, 1.54) is 22.3 Å². The van der Waals surface area contributed by atoms with Crippen LogP contribution >= 0.6 is 0 Å². The number of aryl methyl sites for hydroxylation is 2. The number of hydrogen-bond acceptors (Lipinski definition) is 5. The molecule has 2 aromatic carbocycles. The normalized spacial score (nSPS) is 13.7. The molecule has 0 bridgehead atoms. The van der Waals surface area contributed by atoms with Crippen molar-refractivity contribution in [2.45, 2.75) is 58.8 Å². The third kappa shape index (κ3) is 4.30. The zero-order valence-corrected chi connectivity index (χ0v) is 18.0. The highest BCUT2D eigenvalue weighted by Gasteiger charge is 2.25. The quantitative estimate of drug-likeness (QED) is 0.257. The van der Waals surface area contributed by atoms with Crippen LogP contribution in [0, 0.1) is 0 Å². The van der Waals surface area contributed by atoms with E-state index >= 15 is 0 Å². The Morgan fingerprint density at radius 2 is 1.67 bits per heavy atom. The fraction of sp³-hybridized carbons (Fsp3) is 0.400. The molecule has 0 fully saturated rings. The average Bonchev–Trinajstić information content (AvgIpc) is 3.35. The van der Waals surface area contributed by atoms with E-state index in [1.54, 1.807) is 0 Å². The van der Waals surface area contributed by atoms with Crippen molar-refractivity contribution in [3.05, 3.63) is 70.9 Å². The first kappa shape index (κ1) is 20.3. The van der Waals surface area contributed by atoms with E-state index in [1.807, 2.05) is 6.92 Å². The third-order valence-corrected chi connectivity index (χ3v) is 5.43. The molecule has 1 aliphatic rings. The Hall–Kier alpha value is -2.95. The molecule has 0 unspecified atom stereocenters. The molecule has 0 spiro atoms. The van der Waals surface area contributed by atoms with Gasteiger partial charge in [0.15, 0.2) is 0 Å². The summed E-state index contributed by atoms with van der Waals surface area (Å²) in [5.41, 5.74) is 7.09. The Labute approximate surface area is 178 Å². The van der Waals surface area contributed by atoms with E-state index in [2.05, 4.69) is 71.7 Å². The molecule has 5 heteroatoms. The van der Waals surface area contributed by atoms with E-state index in [4.69, 9.17) is 9.25 Å². The molecule has 5 nitrogen and oxygen atoms in total. The van der Waals surface area contributed by atoms with Crippen molar-refractivity contribution in [1.82, 2.24) is 10.2 Å². The molecule has 1 aromatic heterocycles. The molecule has 1 heterocycles. The number of hydrogen-bond donors (Lipinski definition) is 0. The lowest BCUT2D eigenvalue weighted by Crippen LogP contribution is -2.01. The van der Waals surface area contributed by atoms with Crippen LogP contribution in [0.2, 0.25) is 0 Å². The third-order valence-electron chi connectivity index (χ3n) is 5.43. The van der Waals surface area contributed by atoms with Gasteiger partial charge >= 0.3 is 0 Å². The summed E-state index contributed by atoms with van der Waals surface area (Å²) in [6, 6.07) is 15.2. The molecular formula is C25H29N3O2. The van der Waals surface area contributed by atoms with Gasteiger partial charge in [0.2, 0.25) is 11.8 Å². The van der Waals surface area contributed by atoms with Crippen LogP contribution in [0.3, 0.4) is 0 Å². The maximum absolute atomic E-state index is 5.69. The fourth-order valence-corrected chi connectivity index (χ4v) is 3.86. The highest BCUT2D eigenvalue weighted by atomic mass is 16.6. The highest BCUT2D eigenvalue weighted by Crippen LogP contribution is 2.37. The van der Waals surface area contributed by atoms with Gasteiger partial charge in [-0.15, -0.1) is 10.2 Å². The number of nitrogens with zero attached hydrogens (tertiary/aromatic N) is 3. The maximum Gasteiger partial charge on any atom is 0.219 e. The van der Waals surface area contributed by atoms with Gasteiger partial charge in [0.05, 0.1) is 0 Å². The second-order valence-electron chi connectivity index (χ2n) is 8.03. The van der Waals surface area contributed by atoms with Gasteiger partial charge in [-0.05, 0) is 48.9 Å². The Morgan fingerprint density at radius 1 is 0.900 bits per heavy atom. The number of fused-ring (bicyclic) bond motifs is 3. The van der Waals surface area contributed by atoms with E-state index in [-0.39, 0.29) is 5.92 Å². The topological polar surface area (TPSA) is 60.5 Å². The molecule has 0 atom stereocenters. The summed E-state index contributed by atoms with van der Waals surface area (Å²) in [5.74, 6) is 1.77. The van der Waals surface area contributed by atoms with Crippen LogP contribution in [-0.2, 0) is 17.7 Å². The van der Waals surface area contributed by atoms with Gasteiger partial charge in [-0.25, -0.2) is 0 Å². The van der Waals surface area contributed by atoms with Crippen LogP contribution in [0.4, 0.5) is 0 Å². The predicted octanol–water partition coefficient (Wildman–Crippen LogP) is 5.92. The zero-order valence-electron chi connectivity index (χ0n) is 18.0. The van der Waals surface area contributed by atoms with Gasteiger partial charge in [0, 0.05) is 23.5 Å². The van der Waals surface area contributed by atoms with Gasteiger partial charge < -0.3 is 9.25 Å². The lowest BCUT2D eigenvalue weighted by atomic mass is 9.99. The largest absolute Gasteiger partial charge is 0.425 e. The second-order valence-corrected chi connectivity index (χ2v) is 8.03. The van der Waals surface area contributed by atoms with Crippen LogP contribution < -0.4 is 0 Å². The SMILES string of the molecule is CCO/N=C1/c2ccccc2-c2ccc(CCCCCc3nnc(C(C)C)o3)cc21. The lowest BCUT2D eigenvalue weighted by molar-refractivity contribution is 0.159. The van der Waals surface area contributed by atoms with Crippen LogP contribution in [0.1, 0.15) is 74.4 Å². The van der Waals surface area contributed by atoms with Crippen LogP contribution in [-0.4, -0.2) is 22.5 Å². The summed E-state index contributed by atoms with van der Waals surface area (Å²) < 4.78 is 5.69.